The number of morpholine rings is 1. The second-order valence-corrected chi connectivity index (χ2v) is 12.0. The third-order valence-electron chi connectivity index (χ3n) is 9.41. The van der Waals surface area contributed by atoms with Crippen LogP contribution in [0.1, 0.15) is 19.4 Å². The molecule has 0 aliphatic carbocycles. The second-order valence-electron chi connectivity index (χ2n) is 12.0. The van der Waals surface area contributed by atoms with E-state index in [0.29, 0.717) is 45.9 Å². The van der Waals surface area contributed by atoms with Gasteiger partial charge in [-0.1, -0.05) is 54.6 Å². The Hall–Kier alpha value is -3.05. The highest BCUT2D eigenvalue weighted by atomic mass is 16.5. The average molecular weight is 565 g/mol. The van der Waals surface area contributed by atoms with E-state index in [4.69, 9.17) is 9.47 Å². The minimum atomic E-state index is -1.32. The lowest BCUT2D eigenvalue weighted by Crippen LogP contribution is -2.58. The molecule has 5 aliphatic heterocycles. The lowest BCUT2D eigenvalue weighted by molar-refractivity contribution is -0.155. The number of nitrogens with zero attached hydrogens (tertiary/aromatic N) is 4. The van der Waals surface area contributed by atoms with Crippen molar-refractivity contribution in [1.82, 2.24) is 19.6 Å². The minimum absolute atomic E-state index is 0.164. The molecular formula is C31H40N4O6. The number of likely N-dealkylation sites (tertiary alicyclic amines) is 1. The Morgan fingerprint density at radius 3 is 2.37 bits per heavy atom. The van der Waals surface area contributed by atoms with Crippen LogP contribution in [0.4, 0.5) is 0 Å². The lowest BCUT2D eigenvalue weighted by atomic mass is 9.74. The highest BCUT2D eigenvalue weighted by Crippen LogP contribution is 2.57. The van der Waals surface area contributed by atoms with Crippen LogP contribution >= 0.6 is 0 Å². The summed E-state index contributed by atoms with van der Waals surface area (Å²) in [5, 5.41) is 10.2. The Morgan fingerprint density at radius 1 is 0.927 bits per heavy atom. The van der Waals surface area contributed by atoms with E-state index in [1.54, 1.807) is 16.7 Å². The van der Waals surface area contributed by atoms with Crippen molar-refractivity contribution in [2.75, 3.05) is 59.1 Å². The molecule has 5 aliphatic rings. The van der Waals surface area contributed by atoms with Crippen LogP contribution in [0.3, 0.4) is 0 Å². The van der Waals surface area contributed by atoms with Gasteiger partial charge in [0.05, 0.1) is 43.3 Å². The molecule has 0 bridgehead atoms. The first-order valence-electron chi connectivity index (χ1n) is 14.7. The van der Waals surface area contributed by atoms with E-state index >= 15 is 0 Å². The number of benzene rings is 1. The van der Waals surface area contributed by atoms with Crippen molar-refractivity contribution < 1.29 is 29.0 Å². The number of hydrogen-bond donors (Lipinski definition) is 1. The predicted molar refractivity (Wildman–Crippen MR) is 150 cm³/mol. The minimum Gasteiger partial charge on any atom is -0.394 e. The zero-order chi connectivity index (χ0) is 28.8. The second kappa shape index (κ2) is 11.0. The summed E-state index contributed by atoms with van der Waals surface area (Å²) in [7, 11) is 0. The summed E-state index contributed by atoms with van der Waals surface area (Å²) in [6.45, 7) is 8.68. The Labute approximate surface area is 241 Å². The van der Waals surface area contributed by atoms with Crippen molar-refractivity contribution in [2.45, 2.75) is 43.7 Å². The fourth-order valence-corrected chi connectivity index (χ4v) is 7.35. The van der Waals surface area contributed by atoms with Gasteiger partial charge in [0, 0.05) is 45.8 Å². The van der Waals surface area contributed by atoms with Crippen molar-refractivity contribution >= 4 is 17.7 Å². The number of fused-ring (bicyclic) bond motifs is 2. The predicted octanol–water partition coefficient (Wildman–Crippen LogP) is 0.667. The molecule has 3 saturated heterocycles. The zero-order valence-corrected chi connectivity index (χ0v) is 23.9. The third-order valence-corrected chi connectivity index (χ3v) is 9.41. The molecular weight excluding hydrogens is 524 g/mol. The van der Waals surface area contributed by atoms with E-state index in [-0.39, 0.29) is 24.3 Å². The number of amides is 3. The lowest BCUT2D eigenvalue weighted by Gasteiger charge is -2.39. The van der Waals surface area contributed by atoms with Gasteiger partial charge in [-0.3, -0.25) is 19.3 Å². The molecule has 1 aromatic rings. The van der Waals surface area contributed by atoms with Gasteiger partial charge in [-0.2, -0.15) is 0 Å². The topological polar surface area (TPSA) is 103 Å². The maximum absolute atomic E-state index is 14.4. The molecule has 6 rings (SSSR count). The van der Waals surface area contributed by atoms with Crippen LogP contribution in [0.2, 0.25) is 0 Å². The van der Waals surface area contributed by atoms with Crippen LogP contribution in [0, 0.1) is 11.8 Å². The van der Waals surface area contributed by atoms with Gasteiger partial charge in [0.2, 0.25) is 17.7 Å². The summed E-state index contributed by atoms with van der Waals surface area (Å²) in [6.07, 6.45) is 7.61. The SMILES string of the molecule is C[C@H](CO)N1C(=O)[C@@H]2[C@H]3C(=O)N(Cc4ccccc4)CC=C[C@@]3(C)O[C@@]23C=CCN(CCN2CCOCC2)C(=O)C13. The van der Waals surface area contributed by atoms with E-state index in [1.165, 1.54) is 4.90 Å². The monoisotopic (exact) mass is 564 g/mol. The Kier molecular flexibility index (Phi) is 7.52. The van der Waals surface area contributed by atoms with Crippen LogP contribution in [-0.2, 0) is 30.4 Å². The first-order chi connectivity index (χ1) is 19.8. The van der Waals surface area contributed by atoms with Crippen LogP contribution in [-0.4, -0.2) is 125 Å². The Balaban J connectivity index is 1.35. The molecule has 1 unspecified atom stereocenters. The van der Waals surface area contributed by atoms with Crippen molar-refractivity contribution in [2.24, 2.45) is 11.8 Å². The number of ether oxygens (including phenoxy) is 2. The summed E-state index contributed by atoms with van der Waals surface area (Å²) in [6, 6.07) is 8.19. The van der Waals surface area contributed by atoms with Gasteiger partial charge in [-0.25, -0.2) is 0 Å². The van der Waals surface area contributed by atoms with Crippen LogP contribution < -0.4 is 0 Å². The number of aliphatic hydroxyl groups excluding tert-OH is 1. The molecule has 6 atom stereocenters. The van der Waals surface area contributed by atoms with E-state index in [1.807, 2.05) is 61.6 Å². The van der Waals surface area contributed by atoms with Crippen molar-refractivity contribution in [3.8, 4) is 0 Å². The molecule has 3 fully saturated rings. The molecule has 10 heteroatoms. The van der Waals surface area contributed by atoms with Gasteiger partial charge in [-0.15, -0.1) is 0 Å². The van der Waals surface area contributed by atoms with Crippen molar-refractivity contribution in [1.29, 1.82) is 0 Å². The smallest absolute Gasteiger partial charge is 0.249 e. The molecule has 220 valence electrons. The van der Waals surface area contributed by atoms with Gasteiger partial charge < -0.3 is 29.3 Å². The standard InChI is InChI=1S/C31H40N4O6/c1-22(21-36)35-26-29(39)33(15-14-32-16-18-40-19-17-32)12-7-11-31(26)25(28(35)38)24-27(37)34(13-6-10-30(24,2)41-31)20-23-8-4-3-5-9-23/h3-11,22,24-26,36H,12-21H2,1-2H3/t22-,24+,25+,26?,30-,31+/m1/s1. The molecule has 1 N–H and O–H groups in total. The molecule has 1 aromatic carbocycles. The number of carbonyl (C=O) groups is 3. The molecule has 5 heterocycles. The van der Waals surface area contributed by atoms with E-state index in [2.05, 4.69) is 4.90 Å². The number of carbonyl (C=O) groups excluding carboxylic acids is 3. The summed E-state index contributed by atoms with van der Waals surface area (Å²) in [5.74, 6) is -2.39. The summed E-state index contributed by atoms with van der Waals surface area (Å²) in [4.78, 5) is 50.3. The number of aliphatic hydroxyl groups is 1. The van der Waals surface area contributed by atoms with Crippen molar-refractivity contribution in [3.63, 3.8) is 0 Å². The Bertz CT molecular complexity index is 1230. The van der Waals surface area contributed by atoms with Gasteiger partial charge >= 0.3 is 0 Å². The average Bonchev–Trinajstić information content (AvgIpc) is 3.27. The molecule has 41 heavy (non-hydrogen) atoms. The largest absolute Gasteiger partial charge is 0.394 e. The van der Waals surface area contributed by atoms with Crippen LogP contribution in [0.15, 0.2) is 54.6 Å². The fraction of sp³-hybridized carbons (Fsp3) is 0.581. The number of rotatable bonds is 7. The molecule has 0 aromatic heterocycles. The maximum Gasteiger partial charge on any atom is 0.249 e. The van der Waals surface area contributed by atoms with Gasteiger partial charge in [0.15, 0.2) is 0 Å². The van der Waals surface area contributed by atoms with Gasteiger partial charge in [0.25, 0.3) is 0 Å². The van der Waals surface area contributed by atoms with E-state index < -0.39 is 35.1 Å². The van der Waals surface area contributed by atoms with Crippen molar-refractivity contribution in [3.05, 3.63) is 60.2 Å². The van der Waals surface area contributed by atoms with Gasteiger partial charge in [0.1, 0.15) is 11.6 Å². The Morgan fingerprint density at radius 2 is 1.63 bits per heavy atom. The summed E-state index contributed by atoms with van der Waals surface area (Å²) < 4.78 is 12.3. The quantitative estimate of drug-likeness (QED) is 0.486. The summed E-state index contributed by atoms with van der Waals surface area (Å²) >= 11 is 0. The summed E-state index contributed by atoms with van der Waals surface area (Å²) in [5.41, 5.74) is -1.39. The third kappa shape index (κ3) is 4.70. The number of hydrogen-bond acceptors (Lipinski definition) is 7. The molecule has 1 spiro atoms. The first-order valence-corrected chi connectivity index (χ1v) is 14.7. The molecule has 10 nitrogen and oxygen atoms in total. The highest BCUT2D eigenvalue weighted by Gasteiger charge is 2.75. The maximum atomic E-state index is 14.4. The normalized spacial score (nSPS) is 34.4. The fourth-order valence-electron chi connectivity index (χ4n) is 7.35. The first kappa shape index (κ1) is 28.1. The van der Waals surface area contributed by atoms with E-state index in [0.717, 1.165) is 18.7 Å². The van der Waals surface area contributed by atoms with Gasteiger partial charge in [-0.05, 0) is 19.4 Å². The van der Waals surface area contributed by atoms with Crippen LogP contribution in [0.5, 0.6) is 0 Å². The zero-order valence-electron chi connectivity index (χ0n) is 23.9. The molecule has 0 radical (unpaired) electrons. The molecule has 0 saturated carbocycles. The highest BCUT2D eigenvalue weighted by molar-refractivity contribution is 6.00. The molecule has 3 amide bonds. The van der Waals surface area contributed by atoms with E-state index in [9.17, 15) is 19.5 Å². The van der Waals surface area contributed by atoms with Crippen LogP contribution in [0.25, 0.3) is 0 Å².